The molecule has 2 saturated heterocycles. The van der Waals surface area contributed by atoms with Crippen LogP contribution in [0.5, 0.6) is 0 Å². The van der Waals surface area contributed by atoms with Gasteiger partial charge in [0.25, 0.3) is 0 Å². The fourth-order valence-electron chi connectivity index (χ4n) is 4.89. The summed E-state index contributed by atoms with van der Waals surface area (Å²) in [5, 5.41) is 17.5. The second-order valence-electron chi connectivity index (χ2n) is 8.73. The van der Waals surface area contributed by atoms with E-state index >= 15 is 0 Å². The fourth-order valence-corrected chi connectivity index (χ4v) is 4.89. The molecule has 0 amide bonds. The lowest BCUT2D eigenvalue weighted by molar-refractivity contribution is -0.0166. The van der Waals surface area contributed by atoms with Crippen molar-refractivity contribution in [2.24, 2.45) is 10.4 Å². The maximum absolute atomic E-state index is 10.4. The Kier molecular flexibility index (Phi) is 6.81. The smallest absolute Gasteiger partial charge is 0.191 e. The van der Waals surface area contributed by atoms with Crippen LogP contribution >= 0.6 is 0 Å². The predicted octanol–water partition coefficient (Wildman–Crippen LogP) is 1.74. The average molecular weight is 367 g/mol. The zero-order valence-corrected chi connectivity index (χ0v) is 16.7. The molecule has 0 aromatic heterocycles. The number of hydrogen-bond acceptors (Lipinski definition) is 4. The molecule has 2 aliphatic heterocycles. The number of rotatable bonds is 5. The van der Waals surface area contributed by atoms with Gasteiger partial charge in [0, 0.05) is 44.3 Å². The normalized spacial score (nSPS) is 33.2. The molecule has 2 atom stereocenters. The molecule has 2 unspecified atom stereocenters. The van der Waals surface area contributed by atoms with Gasteiger partial charge < -0.3 is 20.5 Å². The summed E-state index contributed by atoms with van der Waals surface area (Å²) in [4.78, 5) is 7.10. The third-order valence-electron chi connectivity index (χ3n) is 6.95. The van der Waals surface area contributed by atoms with Crippen LogP contribution in [0, 0.1) is 5.41 Å². The van der Waals surface area contributed by atoms with E-state index in [2.05, 4.69) is 27.4 Å². The molecule has 3 N–H and O–H groups in total. The van der Waals surface area contributed by atoms with Gasteiger partial charge in [-0.2, -0.15) is 0 Å². The molecular formula is C20H38N4O2. The third-order valence-corrected chi connectivity index (χ3v) is 6.95. The molecule has 150 valence electrons. The number of guanidine groups is 1. The Balaban J connectivity index is 1.55. The molecule has 1 aliphatic carbocycles. The summed E-state index contributed by atoms with van der Waals surface area (Å²) in [5.74, 6) is 0.856. The van der Waals surface area contributed by atoms with Gasteiger partial charge in [0.05, 0.1) is 6.10 Å². The fraction of sp³-hybridized carbons (Fsp3) is 0.950. The first-order valence-corrected chi connectivity index (χ1v) is 10.5. The highest BCUT2D eigenvalue weighted by atomic mass is 16.5. The molecule has 3 fully saturated rings. The molecule has 0 aromatic carbocycles. The van der Waals surface area contributed by atoms with Crippen LogP contribution in [0.3, 0.4) is 0 Å². The van der Waals surface area contributed by atoms with Gasteiger partial charge in [-0.3, -0.25) is 9.89 Å². The Hall–Kier alpha value is -0.850. The number of likely N-dealkylation sites (tertiary alicyclic amines) is 1. The van der Waals surface area contributed by atoms with Crippen molar-refractivity contribution >= 4 is 5.96 Å². The van der Waals surface area contributed by atoms with E-state index in [-0.39, 0.29) is 17.1 Å². The standard InChI is InChI=1S/C20H38N4O2/c1-19(8-4-3-7-17(19)25)15-22-18(21-2)23-16-20(9-13-26-14-10-20)24-11-5-6-12-24/h17,25H,3-16H2,1-2H3,(H2,21,22,23). The van der Waals surface area contributed by atoms with E-state index in [0.29, 0.717) is 0 Å². The van der Waals surface area contributed by atoms with Crippen molar-refractivity contribution in [3.05, 3.63) is 0 Å². The molecule has 0 aromatic rings. The number of hydrogen-bond donors (Lipinski definition) is 3. The van der Waals surface area contributed by atoms with E-state index in [1.165, 1.54) is 32.4 Å². The first-order chi connectivity index (χ1) is 12.6. The van der Waals surface area contributed by atoms with Gasteiger partial charge in [-0.1, -0.05) is 19.8 Å². The highest BCUT2D eigenvalue weighted by Crippen LogP contribution is 2.35. The zero-order valence-electron chi connectivity index (χ0n) is 16.7. The van der Waals surface area contributed by atoms with E-state index in [0.717, 1.165) is 64.4 Å². The van der Waals surface area contributed by atoms with Crippen LogP contribution in [0.15, 0.2) is 4.99 Å². The first-order valence-electron chi connectivity index (χ1n) is 10.5. The summed E-state index contributed by atoms with van der Waals surface area (Å²) in [6.07, 6.45) is 8.94. The quantitative estimate of drug-likeness (QED) is 0.511. The van der Waals surface area contributed by atoms with Crippen LogP contribution in [0.25, 0.3) is 0 Å². The summed E-state index contributed by atoms with van der Waals surface area (Å²) in [6.45, 7) is 8.00. The molecule has 0 radical (unpaired) electrons. The largest absolute Gasteiger partial charge is 0.392 e. The van der Waals surface area contributed by atoms with Crippen LogP contribution in [0.1, 0.15) is 58.3 Å². The lowest BCUT2D eigenvalue weighted by Gasteiger charge is -2.45. The summed E-state index contributed by atoms with van der Waals surface area (Å²) in [5.41, 5.74) is 0.141. The predicted molar refractivity (Wildman–Crippen MR) is 106 cm³/mol. The van der Waals surface area contributed by atoms with Crippen molar-refractivity contribution in [1.29, 1.82) is 0 Å². The van der Waals surface area contributed by atoms with Crippen LogP contribution in [0.4, 0.5) is 0 Å². The van der Waals surface area contributed by atoms with Crippen molar-refractivity contribution in [3.63, 3.8) is 0 Å². The topological polar surface area (TPSA) is 69.1 Å². The van der Waals surface area contributed by atoms with Gasteiger partial charge in [0.15, 0.2) is 5.96 Å². The van der Waals surface area contributed by atoms with Gasteiger partial charge in [-0.05, 0) is 51.6 Å². The van der Waals surface area contributed by atoms with Crippen molar-refractivity contribution in [1.82, 2.24) is 15.5 Å². The Bertz CT molecular complexity index is 472. The highest BCUT2D eigenvalue weighted by Gasteiger charge is 2.40. The van der Waals surface area contributed by atoms with Crippen molar-refractivity contribution in [2.75, 3.05) is 46.4 Å². The van der Waals surface area contributed by atoms with E-state index < -0.39 is 0 Å². The Morgan fingerprint density at radius 2 is 1.77 bits per heavy atom. The number of aliphatic hydroxyl groups excluding tert-OH is 1. The van der Waals surface area contributed by atoms with E-state index in [1.54, 1.807) is 0 Å². The SMILES string of the molecule is CN=C(NCC1(C)CCCCC1O)NCC1(N2CCCC2)CCOCC1. The molecule has 0 bridgehead atoms. The number of nitrogens with one attached hydrogen (secondary N) is 2. The van der Waals surface area contributed by atoms with Gasteiger partial charge in [0.2, 0.25) is 0 Å². The minimum absolute atomic E-state index is 0.0544. The maximum atomic E-state index is 10.4. The zero-order chi connectivity index (χ0) is 18.5. The monoisotopic (exact) mass is 366 g/mol. The van der Waals surface area contributed by atoms with E-state index in [4.69, 9.17) is 4.74 Å². The van der Waals surface area contributed by atoms with Gasteiger partial charge in [-0.15, -0.1) is 0 Å². The lowest BCUT2D eigenvalue weighted by atomic mass is 9.73. The van der Waals surface area contributed by atoms with Crippen molar-refractivity contribution in [2.45, 2.75) is 69.9 Å². The second-order valence-corrected chi connectivity index (χ2v) is 8.73. The Morgan fingerprint density at radius 3 is 2.42 bits per heavy atom. The molecule has 6 nitrogen and oxygen atoms in total. The van der Waals surface area contributed by atoms with Crippen LogP contribution in [0.2, 0.25) is 0 Å². The summed E-state index contributed by atoms with van der Waals surface area (Å²) >= 11 is 0. The average Bonchev–Trinajstić information content (AvgIpc) is 3.21. The molecule has 0 spiro atoms. The molecule has 1 saturated carbocycles. The molecule has 2 heterocycles. The second kappa shape index (κ2) is 8.89. The lowest BCUT2D eigenvalue weighted by Crippen LogP contribution is -2.59. The van der Waals surface area contributed by atoms with Crippen molar-refractivity contribution in [3.8, 4) is 0 Å². The Labute approximate surface area is 158 Å². The van der Waals surface area contributed by atoms with Gasteiger partial charge in [-0.25, -0.2) is 0 Å². The van der Waals surface area contributed by atoms with Crippen LogP contribution in [-0.4, -0.2) is 74.0 Å². The minimum Gasteiger partial charge on any atom is -0.392 e. The van der Waals surface area contributed by atoms with Crippen LogP contribution in [-0.2, 0) is 4.74 Å². The maximum Gasteiger partial charge on any atom is 0.191 e. The molecule has 3 aliphatic rings. The van der Waals surface area contributed by atoms with E-state index in [1.807, 2.05) is 7.05 Å². The summed E-state index contributed by atoms with van der Waals surface area (Å²) in [6, 6.07) is 0. The van der Waals surface area contributed by atoms with Gasteiger partial charge in [0.1, 0.15) is 0 Å². The van der Waals surface area contributed by atoms with Crippen LogP contribution < -0.4 is 10.6 Å². The number of aliphatic hydroxyl groups is 1. The van der Waals surface area contributed by atoms with Crippen molar-refractivity contribution < 1.29 is 9.84 Å². The molecule has 26 heavy (non-hydrogen) atoms. The third kappa shape index (κ3) is 4.52. The number of nitrogens with zero attached hydrogens (tertiary/aromatic N) is 2. The molecule has 6 heteroatoms. The number of aliphatic imine (C=N–C) groups is 1. The molecule has 3 rings (SSSR count). The minimum atomic E-state index is -0.215. The highest BCUT2D eigenvalue weighted by molar-refractivity contribution is 5.79. The summed E-state index contributed by atoms with van der Waals surface area (Å²) < 4.78 is 5.64. The number of ether oxygens (including phenoxy) is 1. The first kappa shape index (κ1) is 19.9. The van der Waals surface area contributed by atoms with Gasteiger partial charge >= 0.3 is 0 Å². The van der Waals surface area contributed by atoms with E-state index in [9.17, 15) is 5.11 Å². The Morgan fingerprint density at radius 1 is 1.08 bits per heavy atom. The summed E-state index contributed by atoms with van der Waals surface area (Å²) in [7, 11) is 1.83. The molecular weight excluding hydrogens is 328 g/mol.